The second-order valence-electron chi connectivity index (χ2n) is 0.333. The number of rotatable bonds is 1. The van der Waals surface area contributed by atoms with Crippen molar-refractivity contribution in [3.63, 3.8) is 0 Å². The molecule has 0 unspecified atom stereocenters. The molecule has 0 amide bonds. The van der Waals surface area contributed by atoms with Gasteiger partial charge < -0.3 is 18.1 Å². The van der Waals surface area contributed by atoms with Gasteiger partial charge in [-0.15, -0.1) is 0 Å². The van der Waals surface area contributed by atoms with Crippen molar-refractivity contribution in [1.82, 2.24) is 0 Å². The van der Waals surface area contributed by atoms with Crippen molar-refractivity contribution in [3.8, 4) is 0 Å². The van der Waals surface area contributed by atoms with E-state index in [0.29, 0.717) is 0 Å². The first-order valence-corrected chi connectivity index (χ1v) is 1.17. The van der Waals surface area contributed by atoms with Crippen LogP contribution < -0.4 is 0 Å². The fourth-order valence-corrected chi connectivity index (χ4v) is 0. The average molecular weight is 231 g/mol. The Morgan fingerprint density at radius 2 is 1.40 bits per heavy atom. The van der Waals surface area contributed by atoms with Crippen LogP contribution in [-0.4, -0.2) is 74.0 Å². The zero-order valence-electron chi connectivity index (χ0n) is 9.79. The summed E-state index contributed by atoms with van der Waals surface area (Å²) in [6.07, 6.45) is 0. The summed E-state index contributed by atoms with van der Waals surface area (Å²) >= 11 is 0. The molecule has 0 radical (unpaired) electrons. The molecule has 0 fully saturated rings. The van der Waals surface area contributed by atoms with Gasteiger partial charge in [-0.05, 0) is 6.61 Å². The van der Waals surface area contributed by atoms with E-state index in [1.165, 1.54) is 0 Å². The Balaban J connectivity index is -0.00000000192. The predicted molar refractivity (Wildman–Crippen MR) is 38.8 cm³/mol. The topological polar surface area (TPSA) is 101 Å². The van der Waals surface area contributed by atoms with E-state index in [9.17, 15) is 0 Å². The Morgan fingerprint density at radius 3 is 1.40 bits per heavy atom. The molecule has 5 N–H and O–H groups in total. The summed E-state index contributed by atoms with van der Waals surface area (Å²) in [5, 5.41) is 19.3. The van der Waals surface area contributed by atoms with Crippen molar-refractivity contribution >= 4 is 46.1 Å². The first-order valence-electron chi connectivity index (χ1n) is 1.17. The van der Waals surface area contributed by atoms with Crippen molar-refractivity contribution < 1.29 is 51.3 Å². The molecule has 5 nitrogen and oxygen atoms in total. The maximum absolute atomic E-state index is 7.31. The summed E-state index contributed by atoms with van der Waals surface area (Å²) in [6.45, 7) is 3.26. The van der Waals surface area contributed by atoms with Crippen LogP contribution in [-0.2, 0) is 24.4 Å². The molecule has 0 aromatic carbocycles. The Kier molecular flexibility index (Phi) is 281. The van der Waals surface area contributed by atoms with Gasteiger partial charge in [0.1, 0.15) is 0 Å². The van der Waals surface area contributed by atoms with Crippen molar-refractivity contribution in [2.45, 2.75) is 0 Å². The maximum atomic E-state index is 7.31. The van der Waals surface area contributed by atoms with Gasteiger partial charge in [0.2, 0.25) is 0 Å². The maximum Gasteiger partial charge on any atom is 2.00 e. The van der Waals surface area contributed by atoms with E-state index in [4.69, 9.17) is 15.8 Å². The van der Waals surface area contributed by atoms with Gasteiger partial charge in [0, 0.05) is 19.5 Å². The molecule has 0 bridgehead atoms. The molecule has 0 rings (SSSR count). The van der Waals surface area contributed by atoms with E-state index in [1.807, 2.05) is 0 Å². The van der Waals surface area contributed by atoms with Gasteiger partial charge >= 0.3 is 46.1 Å². The minimum absolute atomic E-state index is 0. The van der Waals surface area contributed by atoms with Crippen LogP contribution in [0.3, 0.4) is 0 Å². The molecular formula is C2H13Mg2O5Zn-. The monoisotopic (exact) mass is 229 g/mol. The third kappa shape index (κ3) is 91.4. The van der Waals surface area contributed by atoms with Crippen molar-refractivity contribution in [2.24, 2.45) is 0 Å². The number of hydrogen-bond donors (Lipinski definition) is 3. The van der Waals surface area contributed by atoms with Gasteiger partial charge in [0.05, 0.1) is 0 Å². The second-order valence-corrected chi connectivity index (χ2v) is 0.333. The molecule has 10 heavy (non-hydrogen) atoms. The minimum Gasteiger partial charge on any atom is -1.00 e. The van der Waals surface area contributed by atoms with Crippen LogP contribution in [0.4, 0.5) is 0 Å². The Bertz CT molecular complexity index is 31.7. The third-order valence-electron chi connectivity index (χ3n) is 0.0913. The van der Waals surface area contributed by atoms with Crippen molar-refractivity contribution in [3.05, 3.63) is 6.92 Å². The Labute approximate surface area is 110 Å². The van der Waals surface area contributed by atoms with E-state index in [2.05, 4.69) is 11.8 Å². The van der Waals surface area contributed by atoms with Crippen LogP contribution in [0.2, 0.25) is 0 Å². The molecule has 58 valence electrons. The fraction of sp³-hybridized carbons (Fsp3) is 0.500. The molecule has 0 aliphatic rings. The van der Waals surface area contributed by atoms with Crippen LogP contribution in [0.15, 0.2) is 0 Å². The van der Waals surface area contributed by atoms with E-state index < -0.39 is 0 Å². The van der Waals surface area contributed by atoms with E-state index in [1.54, 1.807) is 0 Å². The second kappa shape index (κ2) is 69.4. The normalized spacial score (nSPS) is 3.60. The van der Waals surface area contributed by atoms with Crippen LogP contribution in [0.25, 0.3) is 0 Å². The molecule has 0 aliphatic carbocycles. The van der Waals surface area contributed by atoms with Gasteiger partial charge in [-0.1, -0.05) is 0 Å². The zero-order valence-corrected chi connectivity index (χ0v) is 11.6. The molecule has 0 aliphatic heterocycles. The first-order chi connectivity index (χ1) is 2.91. The van der Waals surface area contributed by atoms with Gasteiger partial charge in [0.25, 0.3) is 0 Å². The summed E-state index contributed by atoms with van der Waals surface area (Å²) in [5.74, 6) is 0. The smallest absolute Gasteiger partial charge is 1.00 e. The van der Waals surface area contributed by atoms with E-state index in [0.717, 1.165) is 0 Å². The standard InChI is InChI=1S/C2H5O2.2Mg.H2O2.H2O.Zn.4H/c1-2-4-3;;;1-2;;;;;;/h3H,1-2H2;;;1-2H;1H2;;;;;/q-1;2*+2;;;;4*-1. The van der Waals surface area contributed by atoms with E-state index >= 15 is 0 Å². The molecule has 0 aromatic rings. The first kappa shape index (κ1) is 40.5. The van der Waals surface area contributed by atoms with Crippen LogP contribution in [0.1, 0.15) is 5.71 Å². The van der Waals surface area contributed by atoms with Crippen molar-refractivity contribution in [1.29, 1.82) is 0 Å². The molecule has 0 spiro atoms. The fourth-order valence-electron chi connectivity index (χ4n) is 0. The summed E-state index contributed by atoms with van der Waals surface area (Å²) in [5.41, 5.74) is 0. The average Bonchev–Trinajstić information content (AvgIpc) is 1.72. The number of hydrogen-bond acceptors (Lipinski definition) is 4. The van der Waals surface area contributed by atoms with Crippen LogP contribution in [0.5, 0.6) is 0 Å². The summed E-state index contributed by atoms with van der Waals surface area (Å²) in [4.78, 5) is 3.43. The largest absolute Gasteiger partial charge is 2.00 e. The minimum atomic E-state index is 0. The Hall–Kier alpha value is 1.96. The van der Waals surface area contributed by atoms with Gasteiger partial charge in [-0.25, -0.2) is 0 Å². The quantitative estimate of drug-likeness (QED) is 0.238. The summed E-state index contributed by atoms with van der Waals surface area (Å²) in [7, 11) is 0. The van der Waals surface area contributed by atoms with Crippen LogP contribution in [0, 0.1) is 6.92 Å². The molecule has 8 heteroatoms. The molecule has 0 aromatic heterocycles. The van der Waals surface area contributed by atoms with Gasteiger partial charge in [0.15, 0.2) is 0 Å². The Morgan fingerprint density at radius 1 is 1.30 bits per heavy atom. The SMILES string of the molecule is O.OO.[CH2-]COO.[H-].[H-].[H-].[H-].[Mg+2].[Mg+2].[Zn]. The summed E-state index contributed by atoms with van der Waals surface area (Å²) in [6, 6.07) is 0. The zero-order chi connectivity index (χ0) is 5.41. The molecule has 0 heterocycles. The summed E-state index contributed by atoms with van der Waals surface area (Å²) < 4.78 is 0. The molecule has 0 saturated heterocycles. The van der Waals surface area contributed by atoms with Crippen molar-refractivity contribution in [2.75, 3.05) is 6.61 Å². The van der Waals surface area contributed by atoms with Gasteiger partial charge in [-0.2, -0.15) is 0 Å². The predicted octanol–water partition coefficient (Wildman–Crippen LogP) is -0.811. The molecular weight excluding hydrogens is 218 g/mol. The molecule has 0 saturated carbocycles. The molecule has 0 atom stereocenters. The van der Waals surface area contributed by atoms with Gasteiger partial charge in [-0.3, -0.25) is 20.7 Å². The van der Waals surface area contributed by atoms with Crippen LogP contribution >= 0.6 is 0 Å². The third-order valence-corrected chi connectivity index (χ3v) is 0.0913. The van der Waals surface area contributed by atoms with E-state index in [-0.39, 0.29) is 83.4 Å².